The van der Waals surface area contributed by atoms with Gasteiger partial charge >= 0.3 is 0 Å². The summed E-state index contributed by atoms with van der Waals surface area (Å²) in [4.78, 5) is 6.08. The molecule has 1 rings (SSSR count). The van der Waals surface area contributed by atoms with Gasteiger partial charge in [0.1, 0.15) is 5.82 Å². The molecule has 0 bridgehead atoms. The van der Waals surface area contributed by atoms with Crippen molar-refractivity contribution in [3.63, 3.8) is 0 Å². The van der Waals surface area contributed by atoms with Crippen molar-refractivity contribution in [3.05, 3.63) is 17.7 Å². The number of nitrogens with zero attached hydrogens (tertiary/aromatic N) is 2. The molecule has 0 amide bonds. The fourth-order valence-corrected chi connectivity index (χ4v) is 1.46. The van der Waals surface area contributed by atoms with Gasteiger partial charge in [-0.2, -0.15) is 4.98 Å². The van der Waals surface area contributed by atoms with Crippen LogP contribution in [0, 0.1) is 6.92 Å². The van der Waals surface area contributed by atoms with E-state index in [4.69, 9.17) is 9.84 Å². The summed E-state index contributed by atoms with van der Waals surface area (Å²) in [6.07, 6.45) is -0.766. The molecule has 1 aromatic heterocycles. The minimum Gasteiger partial charge on any atom is -0.481 e. The number of aliphatic hydroxyl groups is 2. The normalized spacial score (nSPS) is 12.3. The van der Waals surface area contributed by atoms with Crippen molar-refractivity contribution in [2.24, 2.45) is 0 Å². The van der Waals surface area contributed by atoms with Crippen molar-refractivity contribution in [1.82, 2.24) is 4.98 Å². The van der Waals surface area contributed by atoms with Crippen LogP contribution in [-0.4, -0.2) is 48.6 Å². The molecule has 5 heteroatoms. The van der Waals surface area contributed by atoms with Gasteiger partial charge in [-0.1, -0.05) is 6.07 Å². The smallest absolute Gasteiger partial charge is 0.214 e. The molecule has 1 aromatic rings. The van der Waals surface area contributed by atoms with E-state index >= 15 is 0 Å². The van der Waals surface area contributed by atoms with Crippen LogP contribution in [0.5, 0.6) is 5.88 Å². The zero-order valence-electron chi connectivity index (χ0n) is 9.84. The highest BCUT2D eigenvalue weighted by atomic mass is 16.5. The van der Waals surface area contributed by atoms with Crippen molar-refractivity contribution < 1.29 is 14.9 Å². The number of rotatable bonds is 5. The number of pyridine rings is 1. The number of anilines is 1. The highest BCUT2D eigenvalue weighted by Gasteiger charge is 2.11. The second kappa shape index (κ2) is 5.67. The van der Waals surface area contributed by atoms with Crippen LogP contribution in [0.4, 0.5) is 5.82 Å². The maximum atomic E-state index is 9.36. The summed E-state index contributed by atoms with van der Waals surface area (Å²) >= 11 is 0. The molecule has 0 spiro atoms. The van der Waals surface area contributed by atoms with Crippen molar-refractivity contribution >= 4 is 5.82 Å². The fraction of sp³-hybridized carbons (Fsp3) is 0.545. The van der Waals surface area contributed by atoms with Gasteiger partial charge in [0, 0.05) is 19.7 Å². The van der Waals surface area contributed by atoms with Crippen LogP contribution in [0.15, 0.2) is 12.1 Å². The highest BCUT2D eigenvalue weighted by molar-refractivity contribution is 5.47. The Hall–Kier alpha value is -1.33. The number of aryl methyl sites for hydroxylation is 1. The fourth-order valence-electron chi connectivity index (χ4n) is 1.46. The molecular formula is C11H18N2O3. The van der Waals surface area contributed by atoms with Gasteiger partial charge in [-0.15, -0.1) is 0 Å². The second-order valence-electron chi connectivity index (χ2n) is 3.71. The number of aromatic nitrogens is 1. The molecule has 16 heavy (non-hydrogen) atoms. The summed E-state index contributed by atoms with van der Waals surface area (Å²) < 4.78 is 5.04. The van der Waals surface area contributed by atoms with Crippen LogP contribution < -0.4 is 9.64 Å². The summed E-state index contributed by atoms with van der Waals surface area (Å²) in [5.41, 5.74) is 0.994. The summed E-state index contributed by atoms with van der Waals surface area (Å²) in [6.45, 7) is 2.01. The Morgan fingerprint density at radius 1 is 1.50 bits per heavy atom. The van der Waals surface area contributed by atoms with E-state index < -0.39 is 6.10 Å². The monoisotopic (exact) mass is 226 g/mol. The van der Waals surface area contributed by atoms with Gasteiger partial charge in [-0.25, -0.2) is 0 Å². The van der Waals surface area contributed by atoms with Crippen LogP contribution in [0.25, 0.3) is 0 Å². The largest absolute Gasteiger partial charge is 0.481 e. The first-order chi connectivity index (χ1) is 7.58. The van der Waals surface area contributed by atoms with Gasteiger partial charge in [0.15, 0.2) is 0 Å². The van der Waals surface area contributed by atoms with Gasteiger partial charge in [-0.05, 0) is 12.5 Å². The van der Waals surface area contributed by atoms with Gasteiger partial charge in [0.25, 0.3) is 0 Å². The molecule has 0 aliphatic heterocycles. The first kappa shape index (κ1) is 12.7. The minimum atomic E-state index is -0.766. The van der Waals surface area contributed by atoms with Crippen LogP contribution in [0.2, 0.25) is 0 Å². The number of methoxy groups -OCH3 is 1. The van der Waals surface area contributed by atoms with E-state index in [2.05, 4.69) is 4.98 Å². The summed E-state index contributed by atoms with van der Waals surface area (Å²) in [7, 11) is 3.37. The predicted molar refractivity (Wildman–Crippen MR) is 61.9 cm³/mol. The van der Waals surface area contributed by atoms with Crippen molar-refractivity contribution in [2.75, 3.05) is 32.2 Å². The average molecular weight is 226 g/mol. The zero-order chi connectivity index (χ0) is 12.1. The second-order valence-corrected chi connectivity index (χ2v) is 3.71. The third kappa shape index (κ3) is 3.08. The van der Waals surface area contributed by atoms with E-state index in [1.54, 1.807) is 18.1 Å². The van der Waals surface area contributed by atoms with Crippen LogP contribution in [0.1, 0.15) is 5.56 Å². The number of aliphatic hydroxyl groups excluding tert-OH is 2. The lowest BCUT2D eigenvalue weighted by Crippen LogP contribution is -2.32. The summed E-state index contributed by atoms with van der Waals surface area (Å²) in [5, 5.41) is 18.1. The van der Waals surface area contributed by atoms with E-state index in [-0.39, 0.29) is 6.61 Å². The number of likely N-dealkylation sites (N-methyl/N-ethyl adjacent to an activating group) is 1. The van der Waals surface area contributed by atoms with E-state index in [1.165, 1.54) is 0 Å². The minimum absolute atomic E-state index is 0.257. The predicted octanol–water partition coefficient (Wildman–Crippen LogP) is 0.188. The third-order valence-electron chi connectivity index (χ3n) is 2.31. The maximum Gasteiger partial charge on any atom is 0.214 e. The molecule has 0 fully saturated rings. The molecule has 1 atom stereocenters. The Labute approximate surface area is 95.3 Å². The third-order valence-corrected chi connectivity index (χ3v) is 2.31. The molecule has 1 heterocycles. The Balaban J connectivity index is 2.84. The quantitative estimate of drug-likeness (QED) is 0.750. The molecule has 0 aliphatic carbocycles. The van der Waals surface area contributed by atoms with E-state index in [9.17, 15) is 5.11 Å². The Morgan fingerprint density at radius 3 is 2.75 bits per heavy atom. The lowest BCUT2D eigenvalue weighted by molar-refractivity contribution is 0.101. The van der Waals surface area contributed by atoms with E-state index in [1.807, 2.05) is 20.0 Å². The summed E-state index contributed by atoms with van der Waals surface area (Å²) in [6, 6.07) is 3.69. The molecule has 90 valence electrons. The van der Waals surface area contributed by atoms with Crippen molar-refractivity contribution in [3.8, 4) is 5.88 Å². The van der Waals surface area contributed by atoms with Crippen LogP contribution in [0.3, 0.4) is 0 Å². The van der Waals surface area contributed by atoms with Crippen LogP contribution in [-0.2, 0) is 0 Å². The topological polar surface area (TPSA) is 65.8 Å². The molecule has 0 saturated heterocycles. The molecule has 2 N–H and O–H groups in total. The zero-order valence-corrected chi connectivity index (χ0v) is 9.84. The Bertz CT molecular complexity index is 344. The molecule has 5 nitrogen and oxygen atoms in total. The van der Waals surface area contributed by atoms with Crippen LogP contribution >= 0.6 is 0 Å². The van der Waals surface area contributed by atoms with E-state index in [0.717, 1.165) is 11.4 Å². The van der Waals surface area contributed by atoms with Gasteiger partial charge in [-0.3, -0.25) is 0 Å². The average Bonchev–Trinajstić information content (AvgIpc) is 2.29. The van der Waals surface area contributed by atoms with Crippen molar-refractivity contribution in [1.29, 1.82) is 0 Å². The first-order valence-corrected chi connectivity index (χ1v) is 5.10. The lowest BCUT2D eigenvalue weighted by Gasteiger charge is -2.22. The van der Waals surface area contributed by atoms with Gasteiger partial charge < -0.3 is 19.8 Å². The number of hydrogen-bond donors (Lipinski definition) is 2. The number of hydrogen-bond acceptors (Lipinski definition) is 5. The van der Waals surface area contributed by atoms with E-state index in [0.29, 0.717) is 12.4 Å². The van der Waals surface area contributed by atoms with Gasteiger partial charge in [0.2, 0.25) is 5.88 Å². The molecule has 1 unspecified atom stereocenters. The molecular weight excluding hydrogens is 208 g/mol. The van der Waals surface area contributed by atoms with Gasteiger partial charge in [0.05, 0.1) is 19.8 Å². The highest BCUT2D eigenvalue weighted by Crippen LogP contribution is 2.19. The molecule has 0 saturated carbocycles. The summed E-state index contributed by atoms with van der Waals surface area (Å²) in [5.74, 6) is 1.28. The molecule has 0 aromatic carbocycles. The standard InChI is InChI=1S/C11H18N2O3/c1-8-4-5-10(16-3)12-11(8)13(2)6-9(15)7-14/h4-5,9,14-15H,6-7H2,1-3H3. The Kier molecular flexibility index (Phi) is 4.52. The SMILES string of the molecule is COc1ccc(C)c(N(C)CC(O)CO)n1. The van der Waals surface area contributed by atoms with Crippen molar-refractivity contribution in [2.45, 2.75) is 13.0 Å². The molecule has 0 aliphatic rings. The Morgan fingerprint density at radius 2 is 2.19 bits per heavy atom. The lowest BCUT2D eigenvalue weighted by atomic mass is 10.2. The maximum absolute atomic E-state index is 9.36. The number of ether oxygens (including phenoxy) is 1. The molecule has 0 radical (unpaired) electrons. The first-order valence-electron chi connectivity index (χ1n) is 5.10.